The molecule has 3 heteroatoms. The molecule has 0 saturated carbocycles. The van der Waals surface area contributed by atoms with Gasteiger partial charge in [0.15, 0.2) is 0 Å². The van der Waals surface area contributed by atoms with Gasteiger partial charge in [0.1, 0.15) is 0 Å². The Morgan fingerprint density at radius 3 is 2.47 bits per heavy atom. The topological polar surface area (TPSA) is 26.3 Å². The zero-order valence-corrected chi connectivity index (χ0v) is 11.3. The maximum absolute atomic E-state index is 11.4. The van der Waals surface area contributed by atoms with Crippen molar-refractivity contribution in [2.24, 2.45) is 0 Å². The minimum Gasteiger partial charge on any atom is -0.466 e. The van der Waals surface area contributed by atoms with E-state index in [4.69, 9.17) is 4.74 Å². The summed E-state index contributed by atoms with van der Waals surface area (Å²) in [5.74, 6) is -0.168. The van der Waals surface area contributed by atoms with Crippen LogP contribution in [-0.2, 0) is 9.53 Å². The molecule has 0 bridgehead atoms. The first-order valence-corrected chi connectivity index (χ1v) is 8.82. The van der Waals surface area contributed by atoms with E-state index in [1.807, 2.05) is 6.08 Å². The van der Waals surface area contributed by atoms with Crippen LogP contribution in [0.2, 0.25) is 19.6 Å². The third-order valence-corrected chi connectivity index (χ3v) is 5.30. The van der Waals surface area contributed by atoms with Crippen LogP contribution in [0.3, 0.4) is 0 Å². The van der Waals surface area contributed by atoms with E-state index in [9.17, 15) is 4.79 Å². The lowest BCUT2D eigenvalue weighted by molar-refractivity contribution is -0.136. The fourth-order valence-electron chi connectivity index (χ4n) is 2.00. The van der Waals surface area contributed by atoms with Gasteiger partial charge in [-0.2, -0.15) is 0 Å². The summed E-state index contributed by atoms with van der Waals surface area (Å²) in [5.41, 5.74) is 2.28. The van der Waals surface area contributed by atoms with Gasteiger partial charge in [-0.15, -0.1) is 0 Å². The van der Waals surface area contributed by atoms with Crippen LogP contribution in [0.1, 0.15) is 19.8 Å². The molecule has 1 aliphatic rings. The van der Waals surface area contributed by atoms with Gasteiger partial charge in [0, 0.05) is 5.57 Å². The Labute approximate surface area is 93.0 Å². The Morgan fingerprint density at radius 1 is 1.40 bits per heavy atom. The number of rotatable bonds is 2. The smallest absolute Gasteiger partial charge is 0.333 e. The van der Waals surface area contributed by atoms with Crippen molar-refractivity contribution in [3.63, 3.8) is 0 Å². The highest BCUT2D eigenvalue weighted by Gasteiger charge is 2.26. The van der Waals surface area contributed by atoms with Crippen LogP contribution < -0.4 is 0 Å². The van der Waals surface area contributed by atoms with E-state index in [1.54, 1.807) is 0 Å². The van der Waals surface area contributed by atoms with Gasteiger partial charge in [-0.05, 0) is 19.8 Å². The van der Waals surface area contributed by atoms with Gasteiger partial charge in [-0.25, -0.2) is 4.79 Å². The Morgan fingerprint density at radius 2 is 2.00 bits per heavy atom. The van der Waals surface area contributed by atoms with Gasteiger partial charge < -0.3 is 4.74 Å². The molecule has 0 radical (unpaired) electrons. The molecular formula is C12H20O2Si. The third-order valence-electron chi connectivity index (χ3n) is 2.89. The summed E-state index contributed by atoms with van der Waals surface area (Å²) in [5, 5.41) is 1.50. The van der Waals surface area contributed by atoms with Crippen molar-refractivity contribution < 1.29 is 9.53 Å². The van der Waals surface area contributed by atoms with Crippen molar-refractivity contribution in [3.05, 3.63) is 22.4 Å². The molecule has 0 amide bonds. The lowest BCUT2D eigenvalue weighted by atomic mass is 10.0. The van der Waals surface area contributed by atoms with E-state index in [0.29, 0.717) is 0 Å². The highest BCUT2D eigenvalue weighted by atomic mass is 28.3. The number of carbonyl (C=O) groups is 1. The zero-order valence-electron chi connectivity index (χ0n) is 10.3. The summed E-state index contributed by atoms with van der Waals surface area (Å²) >= 11 is 0. The van der Waals surface area contributed by atoms with Gasteiger partial charge in [-0.1, -0.05) is 36.5 Å². The molecule has 0 aromatic carbocycles. The molecule has 0 atom stereocenters. The first kappa shape index (κ1) is 12.2. The molecule has 0 unspecified atom stereocenters. The van der Waals surface area contributed by atoms with Crippen LogP contribution in [0.4, 0.5) is 0 Å². The molecule has 1 aliphatic carbocycles. The molecule has 1 rings (SSSR count). The summed E-state index contributed by atoms with van der Waals surface area (Å²) in [6, 6.07) is 0. The Balaban J connectivity index is 2.89. The molecule has 0 N–H and O–H groups in total. The molecule has 0 aromatic heterocycles. The zero-order chi connectivity index (χ0) is 11.6. The second-order valence-electron chi connectivity index (χ2n) is 5.11. The average Bonchev–Trinajstić information content (AvgIpc) is 2.15. The minimum atomic E-state index is -1.29. The number of hydrogen-bond acceptors (Lipinski definition) is 2. The largest absolute Gasteiger partial charge is 0.466 e. The van der Waals surface area contributed by atoms with Crippen LogP contribution in [0.25, 0.3) is 0 Å². The molecule has 0 fully saturated rings. The SMILES string of the molecule is COC(=O)C1=CCC(C)=C([Si](C)(C)C)C1. The second-order valence-corrected chi connectivity index (χ2v) is 10.2. The van der Waals surface area contributed by atoms with Crippen molar-refractivity contribution in [2.45, 2.75) is 39.4 Å². The van der Waals surface area contributed by atoms with E-state index >= 15 is 0 Å². The van der Waals surface area contributed by atoms with Gasteiger partial charge in [0.2, 0.25) is 0 Å². The number of hydrogen-bond donors (Lipinski definition) is 0. The van der Waals surface area contributed by atoms with Crippen LogP contribution in [0.15, 0.2) is 22.4 Å². The number of esters is 1. The van der Waals surface area contributed by atoms with E-state index in [-0.39, 0.29) is 5.97 Å². The minimum absolute atomic E-state index is 0.168. The molecule has 15 heavy (non-hydrogen) atoms. The molecule has 84 valence electrons. The number of methoxy groups -OCH3 is 1. The molecule has 0 aliphatic heterocycles. The maximum atomic E-state index is 11.4. The normalized spacial score (nSPS) is 17.5. The average molecular weight is 224 g/mol. The summed E-state index contributed by atoms with van der Waals surface area (Å²) in [6.45, 7) is 9.16. The summed E-state index contributed by atoms with van der Waals surface area (Å²) in [4.78, 5) is 11.4. The van der Waals surface area contributed by atoms with E-state index < -0.39 is 8.07 Å². The number of carbonyl (C=O) groups excluding carboxylic acids is 1. The Hall–Kier alpha value is -0.833. The van der Waals surface area contributed by atoms with Gasteiger partial charge in [0.05, 0.1) is 15.2 Å². The predicted octanol–water partition coefficient (Wildman–Crippen LogP) is 3.07. The standard InChI is InChI=1S/C12H20O2Si/c1-9-6-7-10(12(13)14-2)8-11(9)15(3,4)5/h7H,6,8H2,1-5H3. The summed E-state index contributed by atoms with van der Waals surface area (Å²) in [7, 11) is 0.158. The maximum Gasteiger partial charge on any atom is 0.333 e. The van der Waals surface area contributed by atoms with E-state index in [1.165, 1.54) is 17.9 Å². The van der Waals surface area contributed by atoms with Gasteiger partial charge in [-0.3, -0.25) is 0 Å². The van der Waals surface area contributed by atoms with Crippen molar-refractivity contribution in [1.82, 2.24) is 0 Å². The molecule has 0 saturated heterocycles. The lowest BCUT2D eigenvalue weighted by Gasteiger charge is -2.27. The Kier molecular flexibility index (Phi) is 3.55. The summed E-state index contributed by atoms with van der Waals surface area (Å²) in [6.07, 6.45) is 3.71. The van der Waals surface area contributed by atoms with Crippen molar-refractivity contribution in [1.29, 1.82) is 0 Å². The first-order chi connectivity index (χ1) is 6.86. The molecule has 2 nitrogen and oxygen atoms in total. The van der Waals surface area contributed by atoms with E-state index in [2.05, 4.69) is 26.6 Å². The third kappa shape index (κ3) is 2.81. The van der Waals surface area contributed by atoms with Crippen LogP contribution >= 0.6 is 0 Å². The molecule has 0 aromatic rings. The first-order valence-electron chi connectivity index (χ1n) is 5.32. The lowest BCUT2D eigenvalue weighted by Crippen LogP contribution is -2.28. The van der Waals surface area contributed by atoms with Crippen molar-refractivity contribution >= 4 is 14.0 Å². The highest BCUT2D eigenvalue weighted by molar-refractivity contribution is 6.83. The second kappa shape index (κ2) is 4.35. The monoisotopic (exact) mass is 224 g/mol. The van der Waals surface area contributed by atoms with Crippen LogP contribution in [-0.4, -0.2) is 21.2 Å². The van der Waals surface area contributed by atoms with Crippen LogP contribution in [0, 0.1) is 0 Å². The van der Waals surface area contributed by atoms with Crippen LogP contribution in [0.5, 0.6) is 0 Å². The van der Waals surface area contributed by atoms with E-state index in [0.717, 1.165) is 18.4 Å². The predicted molar refractivity (Wildman–Crippen MR) is 65.4 cm³/mol. The summed E-state index contributed by atoms with van der Waals surface area (Å²) < 4.78 is 4.77. The molecule has 0 heterocycles. The number of allylic oxidation sites excluding steroid dienone is 3. The Bertz CT molecular complexity index is 332. The number of ether oxygens (including phenoxy) is 1. The fourth-order valence-corrected chi connectivity index (χ4v) is 4.11. The molecular weight excluding hydrogens is 204 g/mol. The van der Waals surface area contributed by atoms with Crippen molar-refractivity contribution in [3.8, 4) is 0 Å². The highest BCUT2D eigenvalue weighted by Crippen LogP contribution is 2.31. The van der Waals surface area contributed by atoms with Gasteiger partial charge >= 0.3 is 5.97 Å². The van der Waals surface area contributed by atoms with Crippen molar-refractivity contribution in [2.75, 3.05) is 7.11 Å². The fraction of sp³-hybridized carbons (Fsp3) is 0.583. The van der Waals surface area contributed by atoms with Gasteiger partial charge in [0.25, 0.3) is 0 Å². The molecule has 0 spiro atoms. The quantitative estimate of drug-likeness (QED) is 0.532.